The minimum absolute atomic E-state index is 0.205. The van der Waals surface area contributed by atoms with Gasteiger partial charge in [0, 0.05) is 0 Å². The van der Waals surface area contributed by atoms with Gasteiger partial charge in [0.15, 0.2) is 0 Å². The summed E-state index contributed by atoms with van der Waals surface area (Å²) < 4.78 is 9.71. The second kappa shape index (κ2) is 4.62. The molecule has 0 aromatic heterocycles. The topological polar surface area (TPSA) is 105 Å². The summed E-state index contributed by atoms with van der Waals surface area (Å²) >= 11 is 0. The predicted molar refractivity (Wildman–Crippen MR) is 64.4 cm³/mol. The fourth-order valence-electron chi connectivity index (χ4n) is 1.66. The van der Waals surface area contributed by atoms with Crippen LogP contribution in [0.15, 0.2) is 36.4 Å². The molecule has 0 bridgehead atoms. The maximum Gasteiger partial charge on any atom is 0.409 e. The summed E-state index contributed by atoms with van der Waals surface area (Å²) in [6.07, 6.45) is -1.90. The van der Waals surface area contributed by atoms with Crippen molar-refractivity contribution in [2.24, 2.45) is 11.5 Å². The highest BCUT2D eigenvalue weighted by Crippen LogP contribution is 2.33. The van der Waals surface area contributed by atoms with E-state index >= 15 is 0 Å². The zero-order valence-corrected chi connectivity index (χ0v) is 9.25. The molecule has 6 heteroatoms. The first kappa shape index (κ1) is 11.7. The third-order valence-corrected chi connectivity index (χ3v) is 2.25. The second-order valence-corrected chi connectivity index (χ2v) is 3.45. The molecule has 6 nitrogen and oxygen atoms in total. The van der Waals surface area contributed by atoms with Crippen molar-refractivity contribution in [1.82, 2.24) is 0 Å². The molecule has 18 heavy (non-hydrogen) atoms. The molecule has 0 saturated heterocycles. The Labute approximate surface area is 102 Å². The van der Waals surface area contributed by atoms with E-state index in [9.17, 15) is 9.59 Å². The Balaban J connectivity index is 2.63. The van der Waals surface area contributed by atoms with Gasteiger partial charge in [-0.3, -0.25) is 0 Å². The predicted octanol–water partition coefficient (Wildman–Crippen LogP) is 1.75. The van der Waals surface area contributed by atoms with Crippen LogP contribution in [0, 0.1) is 0 Å². The fourth-order valence-corrected chi connectivity index (χ4v) is 1.66. The summed E-state index contributed by atoms with van der Waals surface area (Å²) in [6.45, 7) is 0. The zero-order chi connectivity index (χ0) is 13.1. The Morgan fingerprint density at radius 1 is 0.833 bits per heavy atom. The number of nitrogens with two attached hydrogens (primary N) is 2. The lowest BCUT2D eigenvalue weighted by molar-refractivity contribution is 0.210. The summed E-state index contributed by atoms with van der Waals surface area (Å²) in [5.74, 6) is 0.411. The lowest BCUT2D eigenvalue weighted by Crippen LogP contribution is -2.18. The monoisotopic (exact) mass is 246 g/mol. The first-order valence-corrected chi connectivity index (χ1v) is 5.04. The quantitative estimate of drug-likeness (QED) is 0.842. The normalized spacial score (nSPS) is 10.0. The second-order valence-electron chi connectivity index (χ2n) is 3.45. The summed E-state index contributed by atoms with van der Waals surface area (Å²) in [5.41, 5.74) is 9.95. The molecule has 2 aromatic carbocycles. The Morgan fingerprint density at radius 2 is 1.28 bits per heavy atom. The molecule has 0 aliphatic rings. The van der Waals surface area contributed by atoms with Crippen molar-refractivity contribution in [3.63, 3.8) is 0 Å². The van der Waals surface area contributed by atoms with Crippen molar-refractivity contribution >= 4 is 23.0 Å². The molecule has 0 radical (unpaired) electrons. The number of carbonyl (C=O) groups excluding carboxylic acids is 2. The van der Waals surface area contributed by atoms with E-state index in [1.54, 1.807) is 36.4 Å². The number of rotatable bonds is 2. The van der Waals surface area contributed by atoms with Gasteiger partial charge >= 0.3 is 12.2 Å². The molecule has 0 fully saturated rings. The minimum Gasteiger partial charge on any atom is -0.410 e. The third-order valence-electron chi connectivity index (χ3n) is 2.25. The smallest absolute Gasteiger partial charge is 0.409 e. The highest BCUT2D eigenvalue weighted by atomic mass is 16.6. The number of hydrogen-bond acceptors (Lipinski definition) is 4. The Morgan fingerprint density at radius 3 is 1.67 bits per heavy atom. The van der Waals surface area contributed by atoms with Crippen molar-refractivity contribution in [2.45, 2.75) is 0 Å². The molecule has 0 unspecified atom stereocenters. The third kappa shape index (κ3) is 2.32. The Kier molecular flexibility index (Phi) is 3.01. The van der Waals surface area contributed by atoms with Crippen molar-refractivity contribution in [2.75, 3.05) is 0 Å². The highest BCUT2D eigenvalue weighted by molar-refractivity contribution is 5.96. The molecule has 0 aliphatic heterocycles. The molecule has 2 aromatic rings. The van der Waals surface area contributed by atoms with Crippen LogP contribution in [-0.2, 0) is 0 Å². The Bertz CT molecular complexity index is 574. The average Bonchev–Trinajstić information content (AvgIpc) is 2.27. The maximum atomic E-state index is 10.8. The molecule has 0 heterocycles. The van der Waals surface area contributed by atoms with Crippen molar-refractivity contribution in [3.8, 4) is 11.5 Å². The number of fused-ring (bicyclic) bond motifs is 1. The van der Waals surface area contributed by atoms with E-state index in [4.69, 9.17) is 20.9 Å². The SMILES string of the molecule is NC(=O)Oc1cccc2cccc(OC(N)=O)c12. The van der Waals surface area contributed by atoms with E-state index < -0.39 is 12.2 Å². The number of primary amides is 2. The van der Waals surface area contributed by atoms with Crippen molar-refractivity contribution in [3.05, 3.63) is 36.4 Å². The molecular formula is C12H10N2O4. The molecule has 0 spiro atoms. The molecule has 4 N–H and O–H groups in total. The van der Waals surface area contributed by atoms with E-state index in [0.29, 0.717) is 5.39 Å². The summed E-state index contributed by atoms with van der Waals surface area (Å²) in [7, 11) is 0. The van der Waals surface area contributed by atoms with Gasteiger partial charge in [0.2, 0.25) is 0 Å². The lowest BCUT2D eigenvalue weighted by Gasteiger charge is -2.09. The van der Waals surface area contributed by atoms with Gasteiger partial charge in [-0.1, -0.05) is 24.3 Å². The largest absolute Gasteiger partial charge is 0.410 e. The Hall–Kier alpha value is -2.76. The van der Waals surface area contributed by atoms with E-state index in [1.165, 1.54) is 0 Å². The van der Waals surface area contributed by atoms with E-state index in [0.717, 1.165) is 5.39 Å². The van der Waals surface area contributed by atoms with Crippen molar-refractivity contribution in [1.29, 1.82) is 0 Å². The van der Waals surface area contributed by atoms with Crippen LogP contribution in [0.2, 0.25) is 0 Å². The average molecular weight is 246 g/mol. The number of ether oxygens (including phenoxy) is 2. The van der Waals surface area contributed by atoms with Crippen LogP contribution >= 0.6 is 0 Å². The number of amides is 2. The zero-order valence-electron chi connectivity index (χ0n) is 9.25. The molecule has 2 amide bonds. The minimum atomic E-state index is -0.948. The molecule has 0 saturated carbocycles. The van der Waals surface area contributed by atoms with Gasteiger partial charge in [-0.15, -0.1) is 0 Å². The molecule has 0 atom stereocenters. The van der Waals surface area contributed by atoms with Crippen LogP contribution in [0.3, 0.4) is 0 Å². The van der Waals surface area contributed by atoms with Crippen LogP contribution in [-0.4, -0.2) is 12.2 Å². The number of hydrogen-bond donors (Lipinski definition) is 2. The van der Waals surface area contributed by atoms with Gasteiger partial charge < -0.3 is 20.9 Å². The summed E-state index contributed by atoms with van der Waals surface area (Å²) in [4.78, 5) is 21.6. The highest BCUT2D eigenvalue weighted by Gasteiger charge is 2.11. The molecular weight excluding hydrogens is 236 g/mol. The van der Waals surface area contributed by atoms with Gasteiger partial charge in [-0.05, 0) is 17.5 Å². The molecule has 2 rings (SSSR count). The van der Waals surface area contributed by atoms with Crippen LogP contribution < -0.4 is 20.9 Å². The first-order valence-electron chi connectivity index (χ1n) is 5.04. The van der Waals surface area contributed by atoms with Gasteiger partial charge in [-0.25, -0.2) is 9.59 Å². The van der Waals surface area contributed by atoms with E-state index in [-0.39, 0.29) is 11.5 Å². The van der Waals surface area contributed by atoms with Gasteiger partial charge in [0.05, 0.1) is 5.39 Å². The van der Waals surface area contributed by atoms with E-state index in [1.807, 2.05) is 0 Å². The van der Waals surface area contributed by atoms with Crippen LogP contribution in [0.5, 0.6) is 11.5 Å². The van der Waals surface area contributed by atoms with E-state index in [2.05, 4.69) is 0 Å². The lowest BCUT2D eigenvalue weighted by atomic mass is 10.1. The summed E-state index contributed by atoms with van der Waals surface area (Å²) in [6, 6.07) is 10.0. The van der Waals surface area contributed by atoms with Crippen LogP contribution in [0.25, 0.3) is 10.8 Å². The number of carbonyl (C=O) groups is 2. The van der Waals surface area contributed by atoms with Crippen LogP contribution in [0.4, 0.5) is 9.59 Å². The number of benzene rings is 2. The molecule has 0 aliphatic carbocycles. The molecule has 92 valence electrons. The van der Waals surface area contributed by atoms with Crippen molar-refractivity contribution < 1.29 is 19.1 Å². The first-order chi connectivity index (χ1) is 8.58. The van der Waals surface area contributed by atoms with Crippen LogP contribution in [0.1, 0.15) is 0 Å². The summed E-state index contributed by atoms with van der Waals surface area (Å²) in [5, 5.41) is 1.19. The standard InChI is InChI=1S/C12H10N2O4/c13-11(15)17-8-5-1-3-7-4-2-6-9(10(7)8)18-12(14)16/h1-6H,(H2,13,15)(H2,14,16). The maximum absolute atomic E-state index is 10.8. The van der Waals surface area contributed by atoms with Gasteiger partial charge in [0.25, 0.3) is 0 Å². The van der Waals surface area contributed by atoms with Gasteiger partial charge in [0.1, 0.15) is 11.5 Å². The van der Waals surface area contributed by atoms with Gasteiger partial charge in [-0.2, -0.15) is 0 Å². The fraction of sp³-hybridized carbons (Fsp3) is 0.